The molecule has 1 fully saturated rings. The first kappa shape index (κ1) is 20.4. The van der Waals surface area contributed by atoms with Crippen LogP contribution in [0.4, 0.5) is 5.13 Å². The van der Waals surface area contributed by atoms with Gasteiger partial charge in [-0.05, 0) is 36.6 Å². The molecule has 3 heterocycles. The number of benzene rings is 2. The number of aliphatic hydroxyl groups is 1. The highest BCUT2D eigenvalue weighted by Gasteiger charge is 2.48. The van der Waals surface area contributed by atoms with Crippen molar-refractivity contribution in [2.24, 2.45) is 0 Å². The van der Waals surface area contributed by atoms with Crippen molar-refractivity contribution in [2.75, 3.05) is 12.0 Å². The normalized spacial score (nSPS) is 17.9. The highest BCUT2D eigenvalue weighted by atomic mass is 32.1. The second-order valence-corrected chi connectivity index (χ2v) is 9.37. The van der Waals surface area contributed by atoms with Gasteiger partial charge in [-0.1, -0.05) is 47.2 Å². The summed E-state index contributed by atoms with van der Waals surface area (Å²) in [6, 6.07) is 15.6. The van der Waals surface area contributed by atoms with Gasteiger partial charge in [0.1, 0.15) is 17.6 Å². The van der Waals surface area contributed by atoms with Gasteiger partial charge in [0.2, 0.25) is 0 Å². The Kier molecular flexibility index (Phi) is 5.03. The number of carbonyl (C=O) groups excluding carboxylic acids is 2. The highest BCUT2D eigenvalue weighted by Crippen LogP contribution is 2.45. The summed E-state index contributed by atoms with van der Waals surface area (Å²) in [4.78, 5) is 33.1. The first-order valence-corrected chi connectivity index (χ1v) is 11.5. The molecule has 32 heavy (non-hydrogen) atoms. The second kappa shape index (κ2) is 7.89. The van der Waals surface area contributed by atoms with Crippen LogP contribution in [0.25, 0.3) is 16.0 Å². The molecule has 1 aliphatic heterocycles. The van der Waals surface area contributed by atoms with Crippen LogP contribution in [0.3, 0.4) is 0 Å². The number of rotatable bonds is 4. The number of fused-ring (bicyclic) bond motifs is 1. The molecule has 1 unspecified atom stereocenters. The number of aryl methyl sites for hydroxylation is 1. The zero-order valence-corrected chi connectivity index (χ0v) is 18.9. The molecule has 0 radical (unpaired) electrons. The van der Waals surface area contributed by atoms with Crippen LogP contribution < -0.4 is 9.64 Å². The minimum absolute atomic E-state index is 0.0677. The van der Waals surface area contributed by atoms with E-state index in [0.717, 1.165) is 15.1 Å². The summed E-state index contributed by atoms with van der Waals surface area (Å²) in [5, 5.41) is 13.4. The number of thiophene rings is 1. The van der Waals surface area contributed by atoms with E-state index >= 15 is 0 Å². The number of hydrogen-bond acceptors (Lipinski definition) is 7. The van der Waals surface area contributed by atoms with E-state index in [-0.39, 0.29) is 11.3 Å². The third-order valence-electron chi connectivity index (χ3n) is 5.37. The van der Waals surface area contributed by atoms with Crippen LogP contribution in [0.2, 0.25) is 0 Å². The monoisotopic (exact) mass is 462 g/mol. The van der Waals surface area contributed by atoms with Crippen LogP contribution in [-0.2, 0) is 9.59 Å². The van der Waals surface area contributed by atoms with Gasteiger partial charge in [0, 0.05) is 10.4 Å². The van der Waals surface area contributed by atoms with Gasteiger partial charge < -0.3 is 9.84 Å². The summed E-state index contributed by atoms with van der Waals surface area (Å²) >= 11 is 2.72. The van der Waals surface area contributed by atoms with E-state index in [9.17, 15) is 14.7 Å². The van der Waals surface area contributed by atoms with E-state index in [2.05, 4.69) is 4.98 Å². The Morgan fingerprint density at radius 2 is 1.91 bits per heavy atom. The van der Waals surface area contributed by atoms with Crippen molar-refractivity contribution in [2.45, 2.75) is 13.0 Å². The molecule has 1 amide bonds. The maximum atomic E-state index is 13.2. The fraction of sp³-hybridized carbons (Fsp3) is 0.125. The zero-order valence-electron chi connectivity index (χ0n) is 17.2. The highest BCUT2D eigenvalue weighted by molar-refractivity contribution is 7.22. The fourth-order valence-corrected chi connectivity index (χ4v) is 5.58. The Hall–Kier alpha value is -3.49. The number of aromatic nitrogens is 1. The number of aliphatic hydroxyl groups excluding tert-OH is 1. The van der Waals surface area contributed by atoms with Gasteiger partial charge in [0.05, 0.1) is 22.9 Å². The number of methoxy groups -OCH3 is 1. The molecule has 8 heteroatoms. The molecule has 0 bridgehead atoms. The molecule has 2 aromatic carbocycles. The standard InChI is InChI=1S/C24H18N2O4S2/c1-13-5-7-14(8-6-13)21(27)19-20(17-4-3-11-31-17)26(23(29)22(19)28)24-25-16-10-9-15(30-2)12-18(16)32-24/h3-12,20,27H,1-2H3/b21-19+. The van der Waals surface area contributed by atoms with Gasteiger partial charge in [0.15, 0.2) is 5.13 Å². The van der Waals surface area contributed by atoms with Gasteiger partial charge in [-0.25, -0.2) is 4.98 Å². The first-order valence-electron chi connectivity index (χ1n) is 9.84. The number of anilines is 1. The topological polar surface area (TPSA) is 79.7 Å². The zero-order chi connectivity index (χ0) is 22.4. The third-order valence-corrected chi connectivity index (χ3v) is 7.31. The summed E-state index contributed by atoms with van der Waals surface area (Å²) in [5.41, 5.74) is 2.29. The number of Topliss-reactive ketones (excluding diaryl/α,β-unsaturated/α-hetero) is 1. The Morgan fingerprint density at radius 3 is 2.59 bits per heavy atom. The molecule has 1 atom stereocenters. The quantitative estimate of drug-likeness (QED) is 0.253. The number of carbonyl (C=O) groups is 2. The molecule has 1 saturated heterocycles. The van der Waals surface area contributed by atoms with Gasteiger partial charge in [-0.3, -0.25) is 14.5 Å². The maximum absolute atomic E-state index is 13.2. The Morgan fingerprint density at radius 1 is 1.12 bits per heavy atom. The van der Waals surface area contributed by atoms with Crippen molar-refractivity contribution in [3.05, 3.63) is 81.6 Å². The van der Waals surface area contributed by atoms with Crippen molar-refractivity contribution in [3.8, 4) is 5.75 Å². The maximum Gasteiger partial charge on any atom is 0.301 e. The Bertz CT molecular complexity index is 1370. The summed E-state index contributed by atoms with van der Waals surface area (Å²) in [6.07, 6.45) is 0. The number of ether oxygens (including phenoxy) is 1. The largest absolute Gasteiger partial charge is 0.507 e. The van der Waals surface area contributed by atoms with Crippen molar-refractivity contribution in [1.29, 1.82) is 0 Å². The molecule has 1 aliphatic rings. The van der Waals surface area contributed by atoms with E-state index in [1.54, 1.807) is 25.3 Å². The summed E-state index contributed by atoms with van der Waals surface area (Å²) < 4.78 is 6.12. The van der Waals surface area contributed by atoms with Gasteiger partial charge in [-0.15, -0.1) is 11.3 Å². The summed E-state index contributed by atoms with van der Waals surface area (Å²) in [6.45, 7) is 1.94. The molecule has 4 aromatic rings. The van der Waals surface area contributed by atoms with Crippen molar-refractivity contribution in [1.82, 2.24) is 4.98 Å². The second-order valence-electron chi connectivity index (χ2n) is 7.38. The molecular formula is C24H18N2O4S2. The minimum atomic E-state index is -0.751. The minimum Gasteiger partial charge on any atom is -0.507 e. The third kappa shape index (κ3) is 3.28. The average Bonchev–Trinajstić information content (AvgIpc) is 3.52. The first-order chi connectivity index (χ1) is 15.5. The predicted molar refractivity (Wildman–Crippen MR) is 126 cm³/mol. The smallest absolute Gasteiger partial charge is 0.301 e. The SMILES string of the molecule is COc1ccc2nc(N3C(=O)C(=O)/C(=C(/O)c4ccc(C)cc4)C3c3cccs3)sc2c1. The molecule has 6 nitrogen and oxygen atoms in total. The lowest BCUT2D eigenvalue weighted by molar-refractivity contribution is -0.132. The van der Waals surface area contributed by atoms with Crippen molar-refractivity contribution in [3.63, 3.8) is 0 Å². The predicted octanol–water partition coefficient (Wildman–Crippen LogP) is 5.30. The van der Waals surface area contributed by atoms with Gasteiger partial charge in [0.25, 0.3) is 5.78 Å². The number of thiazole rings is 1. The Balaban J connectivity index is 1.69. The van der Waals surface area contributed by atoms with Crippen molar-refractivity contribution >= 4 is 55.5 Å². The van der Waals surface area contributed by atoms with E-state index in [1.807, 2.05) is 48.7 Å². The van der Waals surface area contributed by atoms with E-state index in [0.29, 0.717) is 22.0 Å². The van der Waals surface area contributed by atoms with Crippen LogP contribution in [0.5, 0.6) is 5.75 Å². The van der Waals surface area contributed by atoms with Crippen LogP contribution in [0, 0.1) is 6.92 Å². The summed E-state index contributed by atoms with van der Waals surface area (Å²) in [7, 11) is 1.59. The molecule has 2 aromatic heterocycles. The molecule has 0 saturated carbocycles. The van der Waals surface area contributed by atoms with E-state index in [1.165, 1.54) is 27.6 Å². The van der Waals surface area contributed by atoms with Crippen molar-refractivity contribution < 1.29 is 19.4 Å². The van der Waals surface area contributed by atoms with Crippen LogP contribution in [0.1, 0.15) is 22.0 Å². The molecular weight excluding hydrogens is 444 g/mol. The lowest BCUT2D eigenvalue weighted by Gasteiger charge is -2.21. The molecule has 0 spiro atoms. The molecule has 0 aliphatic carbocycles. The molecule has 160 valence electrons. The lowest BCUT2D eigenvalue weighted by Crippen LogP contribution is -2.28. The van der Waals surface area contributed by atoms with Crippen LogP contribution >= 0.6 is 22.7 Å². The molecule has 1 N–H and O–H groups in total. The lowest BCUT2D eigenvalue weighted by atomic mass is 9.99. The number of nitrogens with zero attached hydrogens (tertiary/aromatic N) is 2. The molecule has 5 rings (SSSR count). The van der Waals surface area contributed by atoms with Gasteiger partial charge in [-0.2, -0.15) is 0 Å². The fourth-order valence-electron chi connectivity index (χ4n) is 3.74. The van der Waals surface area contributed by atoms with Crippen LogP contribution in [-0.4, -0.2) is 28.9 Å². The van der Waals surface area contributed by atoms with Crippen LogP contribution in [0.15, 0.2) is 65.6 Å². The van der Waals surface area contributed by atoms with E-state index in [4.69, 9.17) is 4.74 Å². The van der Waals surface area contributed by atoms with E-state index < -0.39 is 17.7 Å². The van der Waals surface area contributed by atoms with Gasteiger partial charge >= 0.3 is 5.91 Å². The summed E-state index contributed by atoms with van der Waals surface area (Å²) in [5.74, 6) is -0.933. The Labute approximate surface area is 192 Å². The number of hydrogen-bond donors (Lipinski definition) is 1. The average molecular weight is 463 g/mol. The number of ketones is 1. The number of amides is 1.